The van der Waals surface area contributed by atoms with Crippen LogP contribution < -0.4 is 0 Å². The van der Waals surface area contributed by atoms with Crippen LogP contribution in [0.3, 0.4) is 0 Å². The second-order valence-electron chi connectivity index (χ2n) is 10.3. The van der Waals surface area contributed by atoms with Gasteiger partial charge in [0, 0.05) is 14.0 Å². The van der Waals surface area contributed by atoms with E-state index in [1.165, 1.54) is 0 Å². The Morgan fingerprint density at radius 3 is 1.92 bits per heavy atom. The Kier molecular flexibility index (Phi) is 8.55. The molecule has 0 saturated carbocycles. The summed E-state index contributed by atoms with van der Waals surface area (Å²) in [7, 11) is 1.83. The minimum Gasteiger partial charge on any atom is -0.374 e. The third kappa shape index (κ3) is 6.00. The maximum atomic E-state index is 12.6. The average Bonchev–Trinajstić information content (AvgIpc) is 3.32. The Balaban J connectivity index is 1.43. The monoisotopic (exact) mass is 515 g/mol. The summed E-state index contributed by atoms with van der Waals surface area (Å²) < 4.78 is 26.4. The summed E-state index contributed by atoms with van der Waals surface area (Å²) in [6.07, 6.45) is 0.635. The Bertz CT molecular complexity index is 1160. The topological polar surface area (TPSA) is 57.2 Å². The van der Waals surface area contributed by atoms with E-state index in [4.69, 9.17) is 18.9 Å². The van der Waals surface area contributed by atoms with E-state index in [1.54, 1.807) is 11.8 Å². The third-order valence-electron chi connectivity index (χ3n) is 7.73. The summed E-state index contributed by atoms with van der Waals surface area (Å²) >= 11 is 0. The van der Waals surface area contributed by atoms with E-state index in [9.17, 15) is 4.79 Å². The van der Waals surface area contributed by atoms with Crippen LogP contribution in [0.1, 0.15) is 36.5 Å². The zero-order valence-corrected chi connectivity index (χ0v) is 22.2. The van der Waals surface area contributed by atoms with E-state index in [0.717, 1.165) is 29.5 Å². The normalized spacial score (nSPS) is 26.3. The number of carbonyl (C=O) groups excluding carboxylic acids is 1. The summed E-state index contributed by atoms with van der Waals surface area (Å²) in [5.74, 6) is -0.0200. The van der Waals surface area contributed by atoms with Gasteiger partial charge < -0.3 is 23.8 Å². The maximum Gasteiger partial charge on any atom is 0.219 e. The molecule has 1 amide bonds. The molecule has 3 aromatic carbocycles. The molecule has 5 rings (SSSR count). The van der Waals surface area contributed by atoms with Crippen molar-refractivity contribution in [3.63, 3.8) is 0 Å². The molecular weight excluding hydrogens is 478 g/mol. The second kappa shape index (κ2) is 12.2. The van der Waals surface area contributed by atoms with Crippen LogP contribution in [0.5, 0.6) is 0 Å². The Morgan fingerprint density at radius 1 is 0.842 bits per heavy atom. The standard InChI is InChI=1S/C32H37NO5/c1-24(34)33(2)29-28-18-19-32(38-28,23-35-20-25-12-6-3-7-13-25)31(37-22-27-16-10-5-11-17-27)30(29)36-21-26-14-8-4-9-15-26/h3-17,28-31H,18-23H2,1-2H3/t28-,29+,30-,31-,32-/m1/s1. The quantitative estimate of drug-likeness (QED) is 0.353. The number of benzene rings is 3. The average molecular weight is 516 g/mol. The van der Waals surface area contributed by atoms with Gasteiger partial charge in [-0.1, -0.05) is 91.0 Å². The first-order chi connectivity index (χ1) is 18.6. The highest BCUT2D eigenvalue weighted by atomic mass is 16.6. The van der Waals surface area contributed by atoms with Crippen molar-refractivity contribution in [3.8, 4) is 0 Å². The van der Waals surface area contributed by atoms with Crippen LogP contribution in [0.2, 0.25) is 0 Å². The zero-order chi connectivity index (χ0) is 26.4. The Hall–Kier alpha value is -3.03. The van der Waals surface area contributed by atoms with Crippen LogP contribution in [0, 0.1) is 0 Å². The molecule has 0 radical (unpaired) electrons. The molecule has 5 atom stereocenters. The maximum absolute atomic E-state index is 12.6. The number of amides is 1. The fraction of sp³-hybridized carbons (Fsp3) is 0.406. The molecule has 2 bridgehead atoms. The van der Waals surface area contributed by atoms with Gasteiger partial charge in [0.15, 0.2) is 0 Å². The lowest BCUT2D eigenvalue weighted by atomic mass is 9.87. The van der Waals surface area contributed by atoms with Crippen molar-refractivity contribution in [1.82, 2.24) is 4.90 Å². The number of nitrogens with zero attached hydrogens (tertiary/aromatic N) is 1. The summed E-state index contributed by atoms with van der Waals surface area (Å²) in [6, 6.07) is 30.1. The second-order valence-corrected chi connectivity index (χ2v) is 10.3. The van der Waals surface area contributed by atoms with Gasteiger partial charge in [-0.05, 0) is 29.5 Å². The van der Waals surface area contributed by atoms with Crippen LogP contribution in [-0.2, 0) is 43.6 Å². The summed E-state index contributed by atoms with van der Waals surface area (Å²) in [5, 5.41) is 0. The first-order valence-corrected chi connectivity index (χ1v) is 13.4. The van der Waals surface area contributed by atoms with Crippen molar-refractivity contribution in [2.75, 3.05) is 13.7 Å². The lowest BCUT2D eigenvalue weighted by Gasteiger charge is -2.50. The van der Waals surface area contributed by atoms with Crippen molar-refractivity contribution in [2.24, 2.45) is 0 Å². The van der Waals surface area contributed by atoms with Gasteiger partial charge in [-0.15, -0.1) is 0 Å². The van der Waals surface area contributed by atoms with Gasteiger partial charge in [0.2, 0.25) is 5.91 Å². The molecule has 0 unspecified atom stereocenters. The predicted octanol–water partition coefficient (Wildman–Crippen LogP) is 5.15. The third-order valence-corrected chi connectivity index (χ3v) is 7.73. The fourth-order valence-corrected chi connectivity index (χ4v) is 5.69. The number of rotatable bonds is 11. The van der Waals surface area contributed by atoms with Crippen molar-refractivity contribution in [3.05, 3.63) is 108 Å². The summed E-state index contributed by atoms with van der Waals surface area (Å²) in [5.41, 5.74) is 2.60. The van der Waals surface area contributed by atoms with E-state index in [2.05, 4.69) is 36.4 Å². The molecular formula is C32H37NO5. The first kappa shape index (κ1) is 26.6. The van der Waals surface area contributed by atoms with Gasteiger partial charge in [-0.3, -0.25) is 4.79 Å². The molecule has 2 fully saturated rings. The highest BCUT2D eigenvalue weighted by molar-refractivity contribution is 5.73. The SMILES string of the molecule is CC(=O)N(C)[C@@H]1[C@@H](OCc2ccccc2)[C@@H](OCc2ccccc2)[C@]2(COCc3ccccc3)CC[C@H]1O2. The molecule has 2 aliphatic rings. The number of ether oxygens (including phenoxy) is 4. The van der Waals surface area contributed by atoms with Crippen molar-refractivity contribution in [2.45, 2.75) is 69.5 Å². The van der Waals surface area contributed by atoms with E-state index in [-0.39, 0.29) is 24.2 Å². The number of carbonyl (C=O) groups is 1. The van der Waals surface area contributed by atoms with Crippen molar-refractivity contribution in [1.29, 1.82) is 0 Å². The van der Waals surface area contributed by atoms with Crippen LogP contribution in [0.25, 0.3) is 0 Å². The zero-order valence-electron chi connectivity index (χ0n) is 22.2. The van der Waals surface area contributed by atoms with Gasteiger partial charge in [0.05, 0.1) is 38.6 Å². The van der Waals surface area contributed by atoms with Crippen LogP contribution in [-0.4, -0.2) is 54.4 Å². The van der Waals surface area contributed by atoms with E-state index in [1.807, 2.05) is 61.6 Å². The predicted molar refractivity (Wildman–Crippen MR) is 145 cm³/mol. The van der Waals surface area contributed by atoms with Crippen molar-refractivity contribution >= 4 is 5.91 Å². The minimum atomic E-state index is -0.663. The van der Waals surface area contributed by atoms with Crippen LogP contribution in [0.15, 0.2) is 91.0 Å². The molecule has 0 N–H and O–H groups in total. The van der Waals surface area contributed by atoms with Gasteiger partial charge >= 0.3 is 0 Å². The highest BCUT2D eigenvalue weighted by Crippen LogP contribution is 2.46. The lowest BCUT2D eigenvalue weighted by Crippen LogP contribution is -2.67. The summed E-state index contributed by atoms with van der Waals surface area (Å²) in [4.78, 5) is 14.3. The first-order valence-electron chi connectivity index (χ1n) is 13.4. The smallest absolute Gasteiger partial charge is 0.219 e. The number of hydrogen-bond acceptors (Lipinski definition) is 5. The molecule has 0 aromatic heterocycles. The molecule has 38 heavy (non-hydrogen) atoms. The van der Waals surface area contributed by atoms with Crippen LogP contribution >= 0.6 is 0 Å². The highest BCUT2D eigenvalue weighted by Gasteiger charge is 2.61. The van der Waals surface area contributed by atoms with Crippen molar-refractivity contribution < 1.29 is 23.7 Å². The van der Waals surface area contributed by atoms with Crippen LogP contribution in [0.4, 0.5) is 0 Å². The number of hydrogen-bond donors (Lipinski definition) is 0. The van der Waals surface area contributed by atoms with E-state index < -0.39 is 11.7 Å². The van der Waals surface area contributed by atoms with E-state index in [0.29, 0.717) is 26.4 Å². The largest absolute Gasteiger partial charge is 0.374 e. The minimum absolute atomic E-state index is 0.0200. The van der Waals surface area contributed by atoms with Gasteiger partial charge in [-0.25, -0.2) is 0 Å². The van der Waals surface area contributed by atoms with Gasteiger partial charge in [0.25, 0.3) is 0 Å². The molecule has 6 heteroatoms. The molecule has 200 valence electrons. The molecule has 6 nitrogen and oxygen atoms in total. The Morgan fingerprint density at radius 2 is 1.37 bits per heavy atom. The molecule has 0 aliphatic carbocycles. The number of likely N-dealkylation sites (N-methyl/N-ethyl adjacent to an activating group) is 1. The molecule has 2 aliphatic heterocycles. The van der Waals surface area contributed by atoms with Gasteiger partial charge in [0.1, 0.15) is 17.8 Å². The number of fused-ring (bicyclic) bond motifs is 2. The lowest BCUT2D eigenvalue weighted by molar-refractivity contribution is -0.265. The van der Waals surface area contributed by atoms with Gasteiger partial charge in [-0.2, -0.15) is 0 Å². The molecule has 0 spiro atoms. The molecule has 2 saturated heterocycles. The molecule has 2 heterocycles. The summed E-state index contributed by atoms with van der Waals surface area (Å²) in [6.45, 7) is 3.32. The fourth-order valence-electron chi connectivity index (χ4n) is 5.69. The van der Waals surface area contributed by atoms with E-state index >= 15 is 0 Å². The Labute approximate surface area is 225 Å². The molecule has 3 aromatic rings.